The van der Waals surface area contributed by atoms with Crippen molar-refractivity contribution in [2.75, 3.05) is 25.0 Å². The number of anilines is 1. The van der Waals surface area contributed by atoms with E-state index in [9.17, 15) is 9.59 Å². The highest BCUT2D eigenvalue weighted by Crippen LogP contribution is 2.45. The van der Waals surface area contributed by atoms with Crippen molar-refractivity contribution in [3.63, 3.8) is 0 Å². The SMILES string of the molecule is CC(C)(C)OC(=O)COc1c(C=O)sc(-c2cccc(NC3CCNCC3)c2)c1Br. The van der Waals surface area contributed by atoms with Gasteiger partial charge in [-0.3, -0.25) is 4.79 Å². The number of esters is 1. The summed E-state index contributed by atoms with van der Waals surface area (Å²) < 4.78 is 11.6. The minimum Gasteiger partial charge on any atom is -0.479 e. The molecule has 2 heterocycles. The number of ether oxygens (including phenoxy) is 2. The predicted octanol–water partition coefficient (Wildman–Crippen LogP) is 4.87. The van der Waals surface area contributed by atoms with Crippen LogP contribution in [0, 0.1) is 0 Å². The maximum absolute atomic E-state index is 12.0. The van der Waals surface area contributed by atoms with E-state index < -0.39 is 11.6 Å². The first kappa shape index (κ1) is 22.8. The van der Waals surface area contributed by atoms with Gasteiger partial charge in [0.05, 0.1) is 9.35 Å². The van der Waals surface area contributed by atoms with Gasteiger partial charge in [-0.25, -0.2) is 4.79 Å². The Bertz CT molecular complexity index is 901. The van der Waals surface area contributed by atoms with Crippen molar-refractivity contribution in [1.82, 2.24) is 5.32 Å². The van der Waals surface area contributed by atoms with E-state index in [4.69, 9.17) is 9.47 Å². The van der Waals surface area contributed by atoms with Crippen molar-refractivity contribution in [2.24, 2.45) is 0 Å². The van der Waals surface area contributed by atoms with Gasteiger partial charge in [0.2, 0.25) is 0 Å². The van der Waals surface area contributed by atoms with Crippen LogP contribution in [-0.2, 0) is 9.53 Å². The van der Waals surface area contributed by atoms with Crippen LogP contribution in [0.5, 0.6) is 5.75 Å². The van der Waals surface area contributed by atoms with Crippen LogP contribution in [0.15, 0.2) is 28.7 Å². The van der Waals surface area contributed by atoms with E-state index in [0.29, 0.717) is 21.1 Å². The Balaban J connectivity index is 1.77. The Kier molecular flexibility index (Phi) is 7.55. The van der Waals surface area contributed by atoms with Crippen LogP contribution in [0.1, 0.15) is 43.3 Å². The number of piperidine rings is 1. The van der Waals surface area contributed by atoms with Gasteiger partial charge in [0.1, 0.15) is 10.5 Å². The van der Waals surface area contributed by atoms with Crippen LogP contribution < -0.4 is 15.4 Å². The molecule has 1 aliphatic rings. The first-order valence-corrected chi connectivity index (χ1v) is 11.6. The normalized spacial score (nSPS) is 14.9. The Morgan fingerprint density at radius 3 is 2.73 bits per heavy atom. The lowest BCUT2D eigenvalue weighted by atomic mass is 10.1. The fraction of sp³-hybridized carbons (Fsp3) is 0.455. The van der Waals surface area contributed by atoms with Crippen LogP contribution in [0.3, 0.4) is 0 Å². The summed E-state index contributed by atoms with van der Waals surface area (Å²) in [6.45, 7) is 7.18. The summed E-state index contributed by atoms with van der Waals surface area (Å²) in [5, 5.41) is 6.96. The van der Waals surface area contributed by atoms with E-state index >= 15 is 0 Å². The zero-order chi connectivity index (χ0) is 21.7. The quantitative estimate of drug-likeness (QED) is 0.422. The highest BCUT2D eigenvalue weighted by Gasteiger charge is 2.22. The highest BCUT2D eigenvalue weighted by atomic mass is 79.9. The van der Waals surface area contributed by atoms with Crippen LogP contribution >= 0.6 is 27.3 Å². The second-order valence-electron chi connectivity index (χ2n) is 8.18. The summed E-state index contributed by atoms with van der Waals surface area (Å²) in [5.74, 6) is -0.111. The molecule has 1 aromatic carbocycles. The third kappa shape index (κ3) is 6.06. The van der Waals surface area contributed by atoms with Crippen molar-refractivity contribution < 1.29 is 19.1 Å². The summed E-state index contributed by atoms with van der Waals surface area (Å²) in [6.07, 6.45) is 2.93. The zero-order valence-electron chi connectivity index (χ0n) is 17.4. The molecule has 0 unspecified atom stereocenters. The molecule has 8 heteroatoms. The molecule has 0 amide bonds. The lowest BCUT2D eigenvalue weighted by molar-refractivity contribution is -0.157. The van der Waals surface area contributed by atoms with Gasteiger partial charge >= 0.3 is 5.97 Å². The monoisotopic (exact) mass is 494 g/mol. The number of nitrogens with one attached hydrogen (secondary N) is 2. The molecule has 2 N–H and O–H groups in total. The molecule has 1 saturated heterocycles. The molecule has 1 aromatic heterocycles. The van der Waals surface area contributed by atoms with Crippen molar-refractivity contribution in [3.05, 3.63) is 33.6 Å². The molecule has 0 bridgehead atoms. The number of hydrogen-bond acceptors (Lipinski definition) is 7. The topological polar surface area (TPSA) is 76.7 Å². The minimum atomic E-state index is -0.590. The summed E-state index contributed by atoms with van der Waals surface area (Å²) in [7, 11) is 0. The standard InChI is InChI=1S/C22H27BrN2O4S/c1-22(2,3)29-18(27)13-28-20-17(12-26)30-21(19(20)23)14-5-4-6-16(11-14)25-15-7-9-24-10-8-15/h4-6,11-12,15,24-25H,7-10,13H2,1-3H3. The summed E-state index contributed by atoms with van der Waals surface area (Å²) >= 11 is 4.89. The van der Waals surface area contributed by atoms with Crippen molar-refractivity contribution in [1.29, 1.82) is 0 Å². The number of rotatable bonds is 7. The van der Waals surface area contributed by atoms with Gasteiger partial charge in [0.15, 0.2) is 18.6 Å². The van der Waals surface area contributed by atoms with E-state index in [2.05, 4.69) is 32.6 Å². The van der Waals surface area contributed by atoms with Crippen LogP contribution in [-0.4, -0.2) is 43.6 Å². The van der Waals surface area contributed by atoms with Gasteiger partial charge in [-0.15, -0.1) is 11.3 Å². The van der Waals surface area contributed by atoms with Gasteiger partial charge in [0.25, 0.3) is 0 Å². The smallest absolute Gasteiger partial charge is 0.344 e. The van der Waals surface area contributed by atoms with Gasteiger partial charge in [-0.05, 0) is 80.3 Å². The minimum absolute atomic E-state index is 0.260. The molecular formula is C22H27BrN2O4S. The van der Waals surface area contributed by atoms with Crippen LogP contribution in [0.2, 0.25) is 0 Å². The van der Waals surface area contributed by atoms with Crippen molar-refractivity contribution >= 4 is 45.2 Å². The molecule has 0 saturated carbocycles. The average molecular weight is 495 g/mol. The fourth-order valence-electron chi connectivity index (χ4n) is 3.26. The number of carbonyl (C=O) groups is 2. The fourth-order valence-corrected chi connectivity index (χ4v) is 5.14. The molecule has 30 heavy (non-hydrogen) atoms. The highest BCUT2D eigenvalue weighted by molar-refractivity contribution is 9.10. The lowest BCUT2D eigenvalue weighted by Gasteiger charge is -2.24. The molecule has 0 aliphatic carbocycles. The number of hydrogen-bond donors (Lipinski definition) is 2. The van der Waals surface area contributed by atoms with E-state index in [1.165, 1.54) is 11.3 Å². The summed E-state index contributed by atoms with van der Waals surface area (Å²) in [5.41, 5.74) is 1.43. The largest absolute Gasteiger partial charge is 0.479 e. The van der Waals surface area contributed by atoms with E-state index in [0.717, 1.165) is 48.3 Å². The van der Waals surface area contributed by atoms with E-state index in [1.54, 1.807) is 20.8 Å². The zero-order valence-corrected chi connectivity index (χ0v) is 19.8. The van der Waals surface area contributed by atoms with Gasteiger partial charge in [-0.1, -0.05) is 12.1 Å². The first-order valence-electron chi connectivity index (χ1n) is 9.96. The number of thiophene rings is 1. The Morgan fingerprint density at radius 1 is 1.33 bits per heavy atom. The van der Waals surface area contributed by atoms with Gasteiger partial charge in [-0.2, -0.15) is 0 Å². The van der Waals surface area contributed by atoms with Crippen molar-refractivity contribution in [3.8, 4) is 16.2 Å². The predicted molar refractivity (Wildman–Crippen MR) is 124 cm³/mol. The second kappa shape index (κ2) is 9.94. The van der Waals surface area contributed by atoms with E-state index in [-0.39, 0.29) is 6.61 Å². The average Bonchev–Trinajstić information content (AvgIpc) is 3.01. The van der Waals surface area contributed by atoms with E-state index in [1.807, 2.05) is 18.2 Å². The van der Waals surface area contributed by atoms with Gasteiger partial charge in [0, 0.05) is 11.7 Å². The molecule has 0 atom stereocenters. The number of aldehydes is 1. The third-order valence-corrected chi connectivity index (χ3v) is 6.70. The number of benzene rings is 1. The second-order valence-corrected chi connectivity index (χ2v) is 10.0. The molecular weight excluding hydrogens is 468 g/mol. The third-order valence-electron chi connectivity index (χ3n) is 4.53. The Hall–Kier alpha value is -1.90. The summed E-state index contributed by atoms with van der Waals surface area (Å²) in [6, 6.07) is 8.56. The first-order chi connectivity index (χ1) is 14.3. The molecule has 0 spiro atoms. The summed E-state index contributed by atoms with van der Waals surface area (Å²) in [4.78, 5) is 24.9. The molecule has 0 radical (unpaired) electrons. The Labute approximate surface area is 189 Å². The van der Waals surface area contributed by atoms with Crippen LogP contribution in [0.4, 0.5) is 5.69 Å². The molecule has 3 rings (SSSR count). The van der Waals surface area contributed by atoms with Crippen LogP contribution in [0.25, 0.3) is 10.4 Å². The number of carbonyl (C=O) groups excluding carboxylic acids is 2. The maximum Gasteiger partial charge on any atom is 0.344 e. The molecule has 6 nitrogen and oxygen atoms in total. The molecule has 2 aromatic rings. The van der Waals surface area contributed by atoms with Gasteiger partial charge < -0.3 is 20.1 Å². The number of halogens is 1. The molecule has 162 valence electrons. The van der Waals surface area contributed by atoms with Crippen molar-refractivity contribution in [2.45, 2.75) is 45.3 Å². The lowest BCUT2D eigenvalue weighted by Crippen LogP contribution is -2.35. The molecule has 1 aliphatic heterocycles. The molecule has 1 fully saturated rings. The Morgan fingerprint density at radius 2 is 2.07 bits per heavy atom. The maximum atomic E-state index is 12.0.